The van der Waals surface area contributed by atoms with Crippen LogP contribution in [0.4, 0.5) is 0 Å². The van der Waals surface area contributed by atoms with Crippen LogP contribution < -0.4 is 5.14 Å². The molecule has 1 rings (SSSR count). The van der Waals surface area contributed by atoms with Crippen molar-refractivity contribution in [3.63, 3.8) is 0 Å². The second-order valence-electron chi connectivity index (χ2n) is 4.56. The standard InChI is InChI=1S/C10H21NO5S/c1-6(2)15-10-8(5-17(11,12)13)16-7(3)9(10)14-4/h6-10H,5H2,1-4H3,(H2,11,12,13)/t7-,8+,9-,10+/m0/s1. The van der Waals surface area contributed by atoms with E-state index in [4.69, 9.17) is 19.3 Å². The molecule has 0 radical (unpaired) electrons. The van der Waals surface area contributed by atoms with Crippen molar-refractivity contribution in [2.75, 3.05) is 12.9 Å². The largest absolute Gasteiger partial charge is 0.376 e. The van der Waals surface area contributed by atoms with Gasteiger partial charge in [0, 0.05) is 7.11 Å². The lowest BCUT2D eigenvalue weighted by molar-refractivity contribution is -0.0718. The predicted octanol–water partition coefficient (Wildman–Crippen LogP) is -0.129. The van der Waals surface area contributed by atoms with Crippen molar-refractivity contribution in [3.8, 4) is 0 Å². The highest BCUT2D eigenvalue weighted by atomic mass is 32.2. The van der Waals surface area contributed by atoms with Crippen molar-refractivity contribution in [2.45, 2.75) is 51.3 Å². The van der Waals surface area contributed by atoms with Crippen LogP contribution in [0.2, 0.25) is 0 Å². The van der Waals surface area contributed by atoms with Gasteiger partial charge in [-0.25, -0.2) is 13.6 Å². The van der Waals surface area contributed by atoms with E-state index in [-0.39, 0.29) is 24.1 Å². The molecule has 1 aliphatic heterocycles. The Morgan fingerprint density at radius 1 is 1.35 bits per heavy atom. The number of methoxy groups -OCH3 is 1. The average molecular weight is 267 g/mol. The number of ether oxygens (including phenoxy) is 3. The third-order valence-corrected chi connectivity index (χ3v) is 3.43. The first-order chi connectivity index (χ1) is 7.74. The summed E-state index contributed by atoms with van der Waals surface area (Å²) in [6.45, 7) is 5.58. The van der Waals surface area contributed by atoms with Gasteiger partial charge in [0.05, 0.1) is 18.0 Å². The summed E-state index contributed by atoms with van der Waals surface area (Å²) >= 11 is 0. The van der Waals surface area contributed by atoms with Crippen molar-refractivity contribution in [2.24, 2.45) is 5.14 Å². The first kappa shape index (κ1) is 14.8. The molecular weight excluding hydrogens is 246 g/mol. The molecule has 1 fully saturated rings. The maximum Gasteiger partial charge on any atom is 0.211 e. The molecule has 7 heteroatoms. The van der Waals surface area contributed by atoms with Crippen LogP contribution in [0, 0.1) is 0 Å². The summed E-state index contributed by atoms with van der Waals surface area (Å²) in [5.74, 6) is -0.255. The van der Waals surface area contributed by atoms with E-state index in [1.807, 2.05) is 20.8 Å². The van der Waals surface area contributed by atoms with Gasteiger partial charge >= 0.3 is 0 Å². The summed E-state index contributed by atoms with van der Waals surface area (Å²) in [4.78, 5) is 0. The number of hydrogen-bond donors (Lipinski definition) is 1. The molecule has 0 spiro atoms. The van der Waals surface area contributed by atoms with E-state index in [0.29, 0.717) is 0 Å². The van der Waals surface area contributed by atoms with Gasteiger partial charge in [-0.05, 0) is 20.8 Å². The monoisotopic (exact) mass is 267 g/mol. The van der Waals surface area contributed by atoms with Gasteiger partial charge in [-0.2, -0.15) is 0 Å². The highest BCUT2D eigenvalue weighted by Gasteiger charge is 2.45. The summed E-state index contributed by atoms with van der Waals surface area (Å²) in [6, 6.07) is 0. The zero-order valence-corrected chi connectivity index (χ0v) is 11.4. The Morgan fingerprint density at radius 2 is 1.94 bits per heavy atom. The van der Waals surface area contributed by atoms with Gasteiger partial charge in [-0.15, -0.1) is 0 Å². The SMILES string of the molecule is CO[C@@H]1[C@H](OC(C)C)[C@@H](CS(N)(=O)=O)O[C@H]1C. The Bertz CT molecular complexity index is 343. The fourth-order valence-corrected chi connectivity index (χ4v) is 2.80. The Labute approximate surface area is 102 Å². The van der Waals surface area contributed by atoms with Crippen molar-refractivity contribution < 1.29 is 22.6 Å². The lowest BCUT2D eigenvalue weighted by Crippen LogP contribution is -2.41. The fraction of sp³-hybridized carbons (Fsp3) is 1.00. The lowest BCUT2D eigenvalue weighted by Gasteiger charge is -2.24. The average Bonchev–Trinajstić information content (AvgIpc) is 2.38. The van der Waals surface area contributed by atoms with Gasteiger partial charge in [0.1, 0.15) is 18.3 Å². The van der Waals surface area contributed by atoms with Crippen molar-refractivity contribution in [1.29, 1.82) is 0 Å². The van der Waals surface area contributed by atoms with Gasteiger partial charge < -0.3 is 14.2 Å². The van der Waals surface area contributed by atoms with Crippen LogP contribution >= 0.6 is 0 Å². The molecule has 6 nitrogen and oxygen atoms in total. The third-order valence-electron chi connectivity index (χ3n) is 2.64. The second-order valence-corrected chi connectivity index (χ2v) is 6.22. The second kappa shape index (κ2) is 5.62. The molecule has 0 bridgehead atoms. The van der Waals surface area contributed by atoms with E-state index in [9.17, 15) is 8.42 Å². The van der Waals surface area contributed by atoms with Gasteiger partial charge in [0.15, 0.2) is 0 Å². The van der Waals surface area contributed by atoms with Gasteiger partial charge in [-0.3, -0.25) is 0 Å². The Morgan fingerprint density at radius 3 is 2.35 bits per heavy atom. The van der Waals surface area contributed by atoms with Crippen LogP contribution in [-0.4, -0.2) is 51.8 Å². The zero-order chi connectivity index (χ0) is 13.2. The molecule has 4 atom stereocenters. The Kier molecular flexibility index (Phi) is 4.91. The number of primary sulfonamides is 1. The first-order valence-electron chi connectivity index (χ1n) is 5.58. The van der Waals surface area contributed by atoms with E-state index >= 15 is 0 Å². The van der Waals surface area contributed by atoms with Crippen LogP contribution in [0.3, 0.4) is 0 Å². The molecule has 0 aliphatic carbocycles. The van der Waals surface area contributed by atoms with E-state index in [2.05, 4.69) is 0 Å². The Balaban J connectivity index is 2.81. The molecule has 102 valence electrons. The molecule has 0 saturated carbocycles. The number of nitrogens with two attached hydrogens (primary N) is 1. The number of rotatable bonds is 5. The van der Waals surface area contributed by atoms with Gasteiger partial charge in [0.2, 0.25) is 10.0 Å². The van der Waals surface area contributed by atoms with Crippen LogP contribution in [0.5, 0.6) is 0 Å². The number of sulfonamides is 1. The molecular formula is C10H21NO5S. The maximum atomic E-state index is 11.1. The molecule has 1 heterocycles. The van der Waals surface area contributed by atoms with Crippen molar-refractivity contribution in [3.05, 3.63) is 0 Å². The minimum atomic E-state index is -3.59. The number of hydrogen-bond acceptors (Lipinski definition) is 5. The molecule has 0 unspecified atom stereocenters. The highest BCUT2D eigenvalue weighted by Crippen LogP contribution is 2.27. The predicted molar refractivity (Wildman–Crippen MR) is 63.1 cm³/mol. The first-order valence-corrected chi connectivity index (χ1v) is 7.30. The molecule has 0 amide bonds. The fourth-order valence-electron chi connectivity index (χ4n) is 2.08. The lowest BCUT2D eigenvalue weighted by atomic mass is 10.1. The Hall–Kier alpha value is -0.210. The molecule has 0 aromatic carbocycles. The van der Waals surface area contributed by atoms with E-state index in [0.717, 1.165) is 0 Å². The van der Waals surface area contributed by atoms with E-state index < -0.39 is 22.2 Å². The smallest absolute Gasteiger partial charge is 0.211 e. The van der Waals surface area contributed by atoms with E-state index in [1.54, 1.807) is 7.11 Å². The van der Waals surface area contributed by atoms with Gasteiger partial charge in [0.25, 0.3) is 0 Å². The molecule has 1 aliphatic rings. The van der Waals surface area contributed by atoms with Crippen LogP contribution in [0.25, 0.3) is 0 Å². The van der Waals surface area contributed by atoms with Crippen molar-refractivity contribution in [1.82, 2.24) is 0 Å². The molecule has 2 N–H and O–H groups in total. The minimum Gasteiger partial charge on any atom is -0.376 e. The summed E-state index contributed by atoms with van der Waals surface area (Å²) < 4.78 is 38.8. The summed E-state index contributed by atoms with van der Waals surface area (Å²) in [5, 5.41) is 5.04. The third kappa shape index (κ3) is 4.18. The van der Waals surface area contributed by atoms with Crippen LogP contribution in [0.15, 0.2) is 0 Å². The maximum absolute atomic E-state index is 11.1. The van der Waals surface area contributed by atoms with Gasteiger partial charge in [-0.1, -0.05) is 0 Å². The summed E-state index contributed by atoms with van der Waals surface area (Å²) in [6.07, 6.45) is -1.50. The quantitative estimate of drug-likeness (QED) is 0.749. The molecule has 1 saturated heterocycles. The van der Waals surface area contributed by atoms with E-state index in [1.165, 1.54) is 0 Å². The zero-order valence-electron chi connectivity index (χ0n) is 10.6. The minimum absolute atomic E-state index is 0.0328. The normalized spacial score (nSPS) is 34.5. The summed E-state index contributed by atoms with van der Waals surface area (Å²) in [5.41, 5.74) is 0. The summed E-state index contributed by atoms with van der Waals surface area (Å²) in [7, 11) is -2.04. The molecule has 17 heavy (non-hydrogen) atoms. The van der Waals surface area contributed by atoms with Crippen molar-refractivity contribution >= 4 is 10.0 Å². The van der Waals surface area contributed by atoms with Crippen LogP contribution in [-0.2, 0) is 24.2 Å². The topological polar surface area (TPSA) is 87.9 Å². The highest BCUT2D eigenvalue weighted by molar-refractivity contribution is 7.89. The molecule has 0 aromatic rings. The molecule has 0 aromatic heterocycles. The van der Waals surface area contributed by atoms with Crippen LogP contribution in [0.1, 0.15) is 20.8 Å².